The van der Waals surface area contributed by atoms with Crippen molar-refractivity contribution in [3.8, 4) is 11.5 Å². The highest BCUT2D eigenvalue weighted by Gasteiger charge is 2.27. The van der Waals surface area contributed by atoms with Gasteiger partial charge in [0.15, 0.2) is 11.5 Å². The van der Waals surface area contributed by atoms with E-state index in [2.05, 4.69) is 24.1 Å². The number of para-hydroxylation sites is 2. The second kappa shape index (κ2) is 11.4. The molecule has 1 aromatic carbocycles. The molecule has 3 rings (SSSR count). The second-order valence-corrected chi connectivity index (χ2v) is 8.33. The Morgan fingerprint density at radius 1 is 1.13 bits per heavy atom. The van der Waals surface area contributed by atoms with Gasteiger partial charge in [0, 0.05) is 51.6 Å². The maximum Gasteiger partial charge on any atom is 0.317 e. The number of carbonyl (C=O) groups is 1. The largest absolute Gasteiger partial charge is 0.490 e. The summed E-state index contributed by atoms with van der Waals surface area (Å²) >= 11 is 0. The van der Waals surface area contributed by atoms with Crippen molar-refractivity contribution in [2.45, 2.75) is 45.8 Å². The van der Waals surface area contributed by atoms with Crippen LogP contribution in [0.2, 0.25) is 0 Å². The van der Waals surface area contributed by atoms with Gasteiger partial charge in [0.1, 0.15) is 6.10 Å². The Bertz CT molecular complexity index is 656. The summed E-state index contributed by atoms with van der Waals surface area (Å²) in [5, 5.41) is 3.17. The number of hydrogen-bond donors (Lipinski definition) is 1. The standard InChI is InChI=1S/C23H37N3O4/c1-4-29-21-7-5-6-8-22(21)30-19-9-11-26(12-10-19)23(27)24-17-20(18(2)3)25-13-15-28-16-14-25/h5-8,18-20H,4,9-17H2,1-3H3,(H,24,27). The first-order chi connectivity index (χ1) is 14.6. The quantitative estimate of drug-likeness (QED) is 0.702. The van der Waals surface area contributed by atoms with E-state index < -0.39 is 0 Å². The van der Waals surface area contributed by atoms with Gasteiger partial charge in [0.25, 0.3) is 0 Å². The van der Waals surface area contributed by atoms with Crippen LogP contribution >= 0.6 is 0 Å². The molecule has 0 aromatic heterocycles. The maximum absolute atomic E-state index is 12.7. The first kappa shape index (κ1) is 22.7. The summed E-state index contributed by atoms with van der Waals surface area (Å²) in [6, 6.07) is 8.16. The minimum atomic E-state index is 0.0297. The molecule has 2 saturated heterocycles. The molecule has 2 aliphatic heterocycles. The molecule has 2 fully saturated rings. The van der Waals surface area contributed by atoms with Gasteiger partial charge in [-0.05, 0) is 25.0 Å². The third-order valence-electron chi connectivity index (χ3n) is 5.92. The fourth-order valence-electron chi connectivity index (χ4n) is 4.18. The molecule has 2 amide bonds. The fraction of sp³-hybridized carbons (Fsp3) is 0.696. The number of amides is 2. The molecule has 2 heterocycles. The molecule has 0 aliphatic carbocycles. The lowest BCUT2D eigenvalue weighted by Crippen LogP contribution is -2.53. The van der Waals surface area contributed by atoms with Crippen LogP contribution in [0.1, 0.15) is 33.6 Å². The van der Waals surface area contributed by atoms with Crippen LogP contribution in [0.3, 0.4) is 0 Å². The minimum absolute atomic E-state index is 0.0297. The van der Waals surface area contributed by atoms with Crippen molar-refractivity contribution in [1.29, 1.82) is 0 Å². The third kappa shape index (κ3) is 6.25. The Morgan fingerprint density at radius 2 is 1.80 bits per heavy atom. The van der Waals surface area contributed by atoms with E-state index in [-0.39, 0.29) is 12.1 Å². The van der Waals surface area contributed by atoms with Crippen molar-refractivity contribution in [3.05, 3.63) is 24.3 Å². The van der Waals surface area contributed by atoms with Crippen molar-refractivity contribution in [2.24, 2.45) is 5.92 Å². The Hall–Kier alpha value is -1.99. The molecule has 7 nitrogen and oxygen atoms in total. The van der Waals surface area contributed by atoms with Gasteiger partial charge in [-0.15, -0.1) is 0 Å². The lowest BCUT2D eigenvalue weighted by molar-refractivity contribution is 0.00680. The van der Waals surface area contributed by atoms with Crippen LogP contribution < -0.4 is 14.8 Å². The molecule has 1 unspecified atom stereocenters. The molecule has 168 valence electrons. The average Bonchev–Trinajstić information content (AvgIpc) is 2.76. The zero-order valence-corrected chi connectivity index (χ0v) is 18.6. The Labute approximate surface area is 180 Å². The number of nitrogens with one attached hydrogen (secondary N) is 1. The molecule has 1 N–H and O–H groups in total. The summed E-state index contributed by atoms with van der Waals surface area (Å²) < 4.78 is 17.3. The predicted octanol–water partition coefficient (Wildman–Crippen LogP) is 2.99. The van der Waals surface area contributed by atoms with Gasteiger partial charge >= 0.3 is 6.03 Å². The number of urea groups is 1. The number of nitrogens with zero attached hydrogens (tertiary/aromatic N) is 2. The summed E-state index contributed by atoms with van der Waals surface area (Å²) in [5.41, 5.74) is 0. The summed E-state index contributed by atoms with van der Waals surface area (Å²) in [4.78, 5) is 17.1. The molecule has 2 aliphatic rings. The Morgan fingerprint density at radius 3 is 2.43 bits per heavy atom. The number of rotatable bonds is 8. The van der Waals surface area contributed by atoms with Crippen LogP contribution in [-0.4, -0.2) is 80.5 Å². The molecule has 1 atom stereocenters. The number of morpholine rings is 1. The van der Waals surface area contributed by atoms with E-state index in [1.807, 2.05) is 36.1 Å². The number of likely N-dealkylation sites (tertiary alicyclic amines) is 1. The number of hydrogen-bond acceptors (Lipinski definition) is 5. The Kier molecular flexibility index (Phi) is 8.63. The predicted molar refractivity (Wildman–Crippen MR) is 117 cm³/mol. The van der Waals surface area contributed by atoms with Crippen LogP contribution in [0.15, 0.2) is 24.3 Å². The lowest BCUT2D eigenvalue weighted by atomic mass is 10.0. The number of piperidine rings is 1. The fourth-order valence-corrected chi connectivity index (χ4v) is 4.18. The van der Waals surface area contributed by atoms with E-state index in [4.69, 9.17) is 14.2 Å². The molecule has 0 bridgehead atoms. The number of benzene rings is 1. The summed E-state index contributed by atoms with van der Waals surface area (Å²) in [6.07, 6.45) is 1.75. The van der Waals surface area contributed by atoms with Crippen LogP contribution in [0.4, 0.5) is 4.79 Å². The van der Waals surface area contributed by atoms with Gasteiger partial charge in [0.05, 0.1) is 19.8 Å². The van der Waals surface area contributed by atoms with E-state index in [9.17, 15) is 4.79 Å². The number of carbonyl (C=O) groups excluding carboxylic acids is 1. The van der Waals surface area contributed by atoms with Crippen molar-refractivity contribution < 1.29 is 19.0 Å². The van der Waals surface area contributed by atoms with E-state index in [1.165, 1.54) is 0 Å². The third-order valence-corrected chi connectivity index (χ3v) is 5.92. The van der Waals surface area contributed by atoms with E-state index in [0.29, 0.717) is 38.2 Å². The highest BCUT2D eigenvalue weighted by Crippen LogP contribution is 2.29. The van der Waals surface area contributed by atoms with Gasteiger partial charge in [-0.3, -0.25) is 4.90 Å². The van der Waals surface area contributed by atoms with Crippen molar-refractivity contribution in [3.63, 3.8) is 0 Å². The van der Waals surface area contributed by atoms with E-state index in [0.717, 1.165) is 50.6 Å². The molecule has 30 heavy (non-hydrogen) atoms. The summed E-state index contributed by atoms with van der Waals surface area (Å²) in [5.74, 6) is 2.04. The van der Waals surface area contributed by atoms with Crippen LogP contribution in [0.5, 0.6) is 11.5 Å². The van der Waals surface area contributed by atoms with Crippen molar-refractivity contribution in [2.75, 3.05) is 52.5 Å². The molecule has 0 spiro atoms. The highest BCUT2D eigenvalue weighted by molar-refractivity contribution is 5.74. The monoisotopic (exact) mass is 419 g/mol. The first-order valence-electron chi connectivity index (χ1n) is 11.3. The zero-order chi connectivity index (χ0) is 21.3. The average molecular weight is 420 g/mol. The first-order valence-corrected chi connectivity index (χ1v) is 11.3. The molecule has 7 heteroatoms. The summed E-state index contributed by atoms with van der Waals surface area (Å²) in [7, 11) is 0. The molecular weight excluding hydrogens is 382 g/mol. The molecule has 0 saturated carbocycles. The normalized spacial score (nSPS) is 19.5. The minimum Gasteiger partial charge on any atom is -0.490 e. The zero-order valence-electron chi connectivity index (χ0n) is 18.6. The Balaban J connectivity index is 1.44. The second-order valence-electron chi connectivity index (χ2n) is 8.33. The van der Waals surface area contributed by atoms with Gasteiger partial charge < -0.3 is 24.4 Å². The van der Waals surface area contributed by atoms with Crippen LogP contribution in [0, 0.1) is 5.92 Å². The van der Waals surface area contributed by atoms with Gasteiger partial charge in [-0.1, -0.05) is 26.0 Å². The molecule has 1 aromatic rings. The van der Waals surface area contributed by atoms with Gasteiger partial charge in [0.2, 0.25) is 0 Å². The van der Waals surface area contributed by atoms with Crippen molar-refractivity contribution >= 4 is 6.03 Å². The number of ether oxygens (including phenoxy) is 3. The smallest absolute Gasteiger partial charge is 0.317 e. The van der Waals surface area contributed by atoms with Crippen LogP contribution in [0.25, 0.3) is 0 Å². The lowest BCUT2D eigenvalue weighted by Gasteiger charge is -2.38. The maximum atomic E-state index is 12.7. The van der Waals surface area contributed by atoms with Gasteiger partial charge in [-0.2, -0.15) is 0 Å². The topological polar surface area (TPSA) is 63.3 Å². The molecule has 0 radical (unpaired) electrons. The van der Waals surface area contributed by atoms with E-state index in [1.54, 1.807) is 0 Å². The van der Waals surface area contributed by atoms with Crippen molar-refractivity contribution in [1.82, 2.24) is 15.1 Å². The summed E-state index contributed by atoms with van der Waals surface area (Å²) in [6.45, 7) is 12.5. The van der Waals surface area contributed by atoms with Gasteiger partial charge in [-0.25, -0.2) is 4.79 Å². The molecular formula is C23H37N3O4. The SMILES string of the molecule is CCOc1ccccc1OC1CCN(C(=O)NCC(C(C)C)N2CCOCC2)CC1. The van der Waals surface area contributed by atoms with Crippen LogP contribution in [-0.2, 0) is 4.74 Å². The van der Waals surface area contributed by atoms with E-state index >= 15 is 0 Å². The highest BCUT2D eigenvalue weighted by atomic mass is 16.5.